The Balaban J connectivity index is 1.64. The van der Waals surface area contributed by atoms with E-state index in [0.29, 0.717) is 48.5 Å². The number of rotatable bonds is 10. The molecule has 1 amide bonds. The first-order chi connectivity index (χ1) is 14.6. The molecule has 0 radical (unpaired) electrons. The zero-order valence-electron chi connectivity index (χ0n) is 17.4. The third-order valence-corrected chi connectivity index (χ3v) is 4.20. The molecule has 0 saturated carbocycles. The van der Waals surface area contributed by atoms with Crippen LogP contribution >= 0.6 is 0 Å². The average molecular weight is 410 g/mol. The Morgan fingerprint density at radius 3 is 2.33 bits per heavy atom. The molecule has 0 fully saturated rings. The molecule has 158 valence electrons. The smallest absolute Gasteiger partial charge is 0.251 e. The Bertz CT molecular complexity index is 966. The van der Waals surface area contributed by atoms with Crippen LogP contribution in [-0.4, -0.2) is 30.7 Å². The first-order valence-corrected chi connectivity index (χ1v) is 10.00. The molecule has 1 heterocycles. The predicted octanol–water partition coefficient (Wildman–Crippen LogP) is 4.47. The van der Waals surface area contributed by atoms with Crippen LogP contribution in [0.2, 0.25) is 0 Å². The van der Waals surface area contributed by atoms with Crippen molar-refractivity contribution >= 4 is 5.91 Å². The summed E-state index contributed by atoms with van der Waals surface area (Å²) in [6.07, 6.45) is 1.53. The number of nitrogens with zero attached hydrogens (tertiary/aromatic N) is 1. The van der Waals surface area contributed by atoms with Gasteiger partial charge in [-0.1, -0.05) is 0 Å². The molecular weight excluding hydrogens is 384 g/mol. The summed E-state index contributed by atoms with van der Waals surface area (Å²) in [5, 5.41) is 2.84. The van der Waals surface area contributed by atoms with Crippen molar-refractivity contribution in [2.24, 2.45) is 0 Å². The summed E-state index contributed by atoms with van der Waals surface area (Å²) < 4.78 is 22.2. The lowest BCUT2D eigenvalue weighted by Gasteiger charge is -2.11. The number of carbonyl (C=O) groups excluding carboxylic acids is 1. The molecule has 0 bridgehead atoms. The summed E-state index contributed by atoms with van der Waals surface area (Å²) in [5.74, 6) is 2.31. The highest BCUT2D eigenvalue weighted by Crippen LogP contribution is 2.32. The van der Waals surface area contributed by atoms with Crippen molar-refractivity contribution in [1.29, 1.82) is 0 Å². The van der Waals surface area contributed by atoms with Crippen molar-refractivity contribution < 1.29 is 23.4 Å². The average Bonchev–Trinajstić information content (AvgIpc) is 3.23. The normalized spacial score (nSPS) is 10.5. The maximum atomic E-state index is 12.3. The van der Waals surface area contributed by atoms with Crippen LogP contribution in [-0.2, 0) is 6.54 Å². The van der Waals surface area contributed by atoms with E-state index in [4.69, 9.17) is 18.6 Å². The van der Waals surface area contributed by atoms with E-state index in [1.807, 2.05) is 39.0 Å². The van der Waals surface area contributed by atoms with E-state index in [0.717, 1.165) is 11.3 Å². The Morgan fingerprint density at radius 1 is 0.933 bits per heavy atom. The first-order valence-electron chi connectivity index (χ1n) is 10.00. The molecule has 0 unspecified atom stereocenters. The summed E-state index contributed by atoms with van der Waals surface area (Å²) in [7, 11) is 0. The lowest BCUT2D eigenvalue weighted by molar-refractivity contribution is 0.0950. The number of benzene rings is 2. The van der Waals surface area contributed by atoms with Gasteiger partial charge in [0.25, 0.3) is 5.91 Å². The molecule has 3 aromatic rings. The van der Waals surface area contributed by atoms with Crippen LogP contribution in [0, 0.1) is 0 Å². The summed E-state index contributed by atoms with van der Waals surface area (Å²) in [4.78, 5) is 16.8. The second-order valence-corrected chi connectivity index (χ2v) is 6.31. The van der Waals surface area contributed by atoms with Gasteiger partial charge in [-0.2, -0.15) is 0 Å². The highest BCUT2D eigenvalue weighted by Gasteiger charge is 2.13. The molecule has 0 atom stereocenters. The van der Waals surface area contributed by atoms with Crippen LogP contribution in [0.25, 0.3) is 11.5 Å². The molecule has 0 aliphatic heterocycles. The number of oxazole rings is 1. The Morgan fingerprint density at radius 2 is 1.63 bits per heavy atom. The fourth-order valence-corrected chi connectivity index (χ4v) is 2.85. The molecule has 7 nitrogen and oxygen atoms in total. The van der Waals surface area contributed by atoms with E-state index < -0.39 is 0 Å². The number of hydrogen-bond donors (Lipinski definition) is 1. The number of nitrogens with one attached hydrogen (secondary N) is 1. The highest BCUT2D eigenvalue weighted by molar-refractivity contribution is 5.94. The second kappa shape index (κ2) is 10.3. The van der Waals surface area contributed by atoms with Gasteiger partial charge in [0.1, 0.15) is 12.0 Å². The first kappa shape index (κ1) is 21.2. The van der Waals surface area contributed by atoms with Gasteiger partial charge in [0.05, 0.1) is 32.1 Å². The Labute approximate surface area is 176 Å². The highest BCUT2D eigenvalue weighted by atomic mass is 16.5. The minimum Gasteiger partial charge on any atom is -0.494 e. The van der Waals surface area contributed by atoms with Gasteiger partial charge in [-0.05, 0) is 63.2 Å². The third-order valence-electron chi connectivity index (χ3n) is 4.20. The van der Waals surface area contributed by atoms with E-state index >= 15 is 0 Å². The van der Waals surface area contributed by atoms with Gasteiger partial charge in [-0.25, -0.2) is 4.98 Å². The summed E-state index contributed by atoms with van der Waals surface area (Å²) in [6, 6.07) is 12.5. The van der Waals surface area contributed by atoms with Crippen LogP contribution in [0.5, 0.6) is 17.2 Å². The van der Waals surface area contributed by atoms with Gasteiger partial charge in [-0.3, -0.25) is 4.79 Å². The number of aromatic nitrogens is 1. The van der Waals surface area contributed by atoms with Gasteiger partial charge in [0, 0.05) is 11.1 Å². The van der Waals surface area contributed by atoms with E-state index in [1.54, 1.807) is 24.3 Å². The van der Waals surface area contributed by atoms with E-state index in [9.17, 15) is 4.79 Å². The molecular formula is C23H26N2O5. The van der Waals surface area contributed by atoms with Crippen molar-refractivity contribution in [2.45, 2.75) is 27.3 Å². The fraction of sp³-hybridized carbons (Fsp3) is 0.304. The second-order valence-electron chi connectivity index (χ2n) is 6.31. The topological polar surface area (TPSA) is 82.8 Å². The molecule has 2 aromatic carbocycles. The van der Waals surface area contributed by atoms with Crippen LogP contribution < -0.4 is 19.5 Å². The number of ether oxygens (including phenoxy) is 3. The van der Waals surface area contributed by atoms with Gasteiger partial charge in [0.2, 0.25) is 5.89 Å². The summed E-state index contributed by atoms with van der Waals surface area (Å²) >= 11 is 0. The molecule has 30 heavy (non-hydrogen) atoms. The standard InChI is InChI=1S/C23H26N2O5/c1-4-27-19-10-7-16(8-11-19)22(26)24-14-18-15-30-23(25-18)17-9-12-20(28-5-2)21(13-17)29-6-3/h7-13,15H,4-6,14H2,1-3H3,(H,24,26). The minimum atomic E-state index is -0.192. The molecule has 1 N–H and O–H groups in total. The lowest BCUT2D eigenvalue weighted by atomic mass is 10.2. The molecule has 0 saturated heterocycles. The van der Waals surface area contributed by atoms with Crippen LogP contribution in [0.4, 0.5) is 0 Å². The molecule has 7 heteroatoms. The van der Waals surface area contributed by atoms with Crippen molar-refractivity contribution in [3.8, 4) is 28.7 Å². The molecule has 0 aliphatic rings. The van der Waals surface area contributed by atoms with Crippen molar-refractivity contribution in [3.05, 3.63) is 60.0 Å². The Kier molecular flexibility index (Phi) is 7.32. The number of carbonyl (C=O) groups is 1. The van der Waals surface area contributed by atoms with E-state index in [1.165, 1.54) is 6.26 Å². The number of amides is 1. The van der Waals surface area contributed by atoms with Gasteiger partial charge in [0.15, 0.2) is 11.5 Å². The van der Waals surface area contributed by atoms with Crippen LogP contribution in [0.1, 0.15) is 36.8 Å². The lowest BCUT2D eigenvalue weighted by Crippen LogP contribution is -2.22. The Hall–Kier alpha value is -3.48. The quantitative estimate of drug-likeness (QED) is 0.531. The number of hydrogen-bond acceptors (Lipinski definition) is 6. The zero-order valence-corrected chi connectivity index (χ0v) is 17.4. The third kappa shape index (κ3) is 5.31. The zero-order chi connectivity index (χ0) is 21.3. The maximum absolute atomic E-state index is 12.3. The van der Waals surface area contributed by atoms with Gasteiger partial charge < -0.3 is 23.9 Å². The van der Waals surface area contributed by atoms with Crippen molar-refractivity contribution in [1.82, 2.24) is 10.3 Å². The summed E-state index contributed by atoms with van der Waals surface area (Å²) in [5.41, 5.74) is 1.94. The van der Waals surface area contributed by atoms with Crippen molar-refractivity contribution in [3.63, 3.8) is 0 Å². The molecule has 0 spiro atoms. The predicted molar refractivity (Wildman–Crippen MR) is 113 cm³/mol. The molecule has 0 aliphatic carbocycles. The molecule has 1 aromatic heterocycles. The maximum Gasteiger partial charge on any atom is 0.251 e. The fourth-order valence-electron chi connectivity index (χ4n) is 2.85. The van der Waals surface area contributed by atoms with E-state index in [-0.39, 0.29) is 12.5 Å². The van der Waals surface area contributed by atoms with Crippen molar-refractivity contribution in [2.75, 3.05) is 19.8 Å². The molecule has 3 rings (SSSR count). The van der Waals surface area contributed by atoms with E-state index in [2.05, 4.69) is 10.3 Å². The summed E-state index contributed by atoms with van der Waals surface area (Å²) in [6.45, 7) is 7.67. The minimum absolute atomic E-state index is 0.192. The van der Waals surface area contributed by atoms with Gasteiger partial charge >= 0.3 is 0 Å². The van der Waals surface area contributed by atoms with Crippen LogP contribution in [0.15, 0.2) is 53.1 Å². The van der Waals surface area contributed by atoms with Gasteiger partial charge in [-0.15, -0.1) is 0 Å². The SMILES string of the molecule is CCOc1ccc(C(=O)NCc2coc(-c3ccc(OCC)c(OCC)c3)n2)cc1. The monoisotopic (exact) mass is 410 g/mol. The largest absolute Gasteiger partial charge is 0.494 e. The van der Waals surface area contributed by atoms with Crippen LogP contribution in [0.3, 0.4) is 0 Å².